The highest BCUT2D eigenvalue weighted by atomic mass is 79.9. The fourth-order valence-corrected chi connectivity index (χ4v) is 6.34. The topological polar surface area (TPSA) is 16.1 Å². The number of fused-ring (bicyclic) bond motifs is 5. The summed E-state index contributed by atoms with van der Waals surface area (Å²) >= 11 is 3.95. The minimum absolute atomic E-state index is 1.03. The van der Waals surface area contributed by atoms with Crippen LogP contribution in [0.4, 0.5) is 17.1 Å². The van der Waals surface area contributed by atoms with Crippen molar-refractivity contribution in [3.8, 4) is 33.5 Å². The molecular formula is C31H17BrN2. The van der Waals surface area contributed by atoms with Crippen LogP contribution in [-0.4, -0.2) is 4.98 Å². The van der Waals surface area contributed by atoms with Crippen LogP contribution in [0.15, 0.2) is 108 Å². The second-order valence-electron chi connectivity index (χ2n) is 8.95. The molecule has 0 N–H and O–H groups in total. The van der Waals surface area contributed by atoms with E-state index >= 15 is 0 Å². The third-order valence-electron chi connectivity index (χ3n) is 7.19. The number of halogens is 1. The van der Waals surface area contributed by atoms with Crippen LogP contribution in [0, 0.1) is 0 Å². The SMILES string of the molecule is Brc1cc2c3c4c(cc(-c5ccccc5)cc14)-c1ncccc1N3c1cccc3cccc-2c13. The van der Waals surface area contributed by atoms with Gasteiger partial charge in [0.25, 0.3) is 0 Å². The van der Waals surface area contributed by atoms with E-state index in [2.05, 4.69) is 112 Å². The van der Waals surface area contributed by atoms with Crippen molar-refractivity contribution >= 4 is 54.5 Å². The highest BCUT2D eigenvalue weighted by Crippen LogP contribution is 2.60. The molecule has 1 aromatic heterocycles. The van der Waals surface area contributed by atoms with Crippen molar-refractivity contribution in [2.45, 2.75) is 0 Å². The molecule has 3 heteroatoms. The average molecular weight is 497 g/mol. The van der Waals surface area contributed by atoms with Crippen LogP contribution in [0.25, 0.3) is 55.1 Å². The van der Waals surface area contributed by atoms with Crippen molar-refractivity contribution < 1.29 is 0 Å². The molecule has 2 aliphatic rings. The predicted molar refractivity (Wildman–Crippen MR) is 145 cm³/mol. The number of anilines is 3. The number of rotatable bonds is 1. The minimum atomic E-state index is 1.03. The molecule has 3 heterocycles. The molecule has 158 valence electrons. The van der Waals surface area contributed by atoms with Crippen LogP contribution in [-0.2, 0) is 0 Å². The molecule has 0 aliphatic carbocycles. The van der Waals surface area contributed by atoms with Gasteiger partial charge in [-0.1, -0.05) is 76.6 Å². The van der Waals surface area contributed by atoms with Gasteiger partial charge in [0.15, 0.2) is 0 Å². The zero-order valence-electron chi connectivity index (χ0n) is 18.1. The van der Waals surface area contributed by atoms with Crippen LogP contribution in [0.5, 0.6) is 0 Å². The van der Waals surface area contributed by atoms with Crippen molar-refractivity contribution in [1.29, 1.82) is 0 Å². The molecule has 0 fully saturated rings. The first kappa shape index (κ1) is 18.5. The molecule has 0 bridgehead atoms. The van der Waals surface area contributed by atoms with Gasteiger partial charge >= 0.3 is 0 Å². The third kappa shape index (κ3) is 2.27. The number of pyridine rings is 1. The Bertz CT molecular complexity index is 1820. The molecular weight excluding hydrogens is 480 g/mol. The van der Waals surface area contributed by atoms with Crippen LogP contribution in [0.2, 0.25) is 0 Å². The van der Waals surface area contributed by atoms with Gasteiger partial charge in [-0.2, -0.15) is 0 Å². The van der Waals surface area contributed by atoms with Gasteiger partial charge in [0.1, 0.15) is 0 Å². The second-order valence-corrected chi connectivity index (χ2v) is 9.81. The highest BCUT2D eigenvalue weighted by Gasteiger charge is 2.34. The Hall–Kier alpha value is -3.95. The van der Waals surface area contributed by atoms with Crippen LogP contribution in [0.1, 0.15) is 0 Å². The number of benzene rings is 5. The zero-order valence-corrected chi connectivity index (χ0v) is 19.7. The molecule has 0 saturated heterocycles. The Kier molecular flexibility index (Phi) is 3.56. The number of aromatic nitrogens is 1. The van der Waals surface area contributed by atoms with E-state index in [1.54, 1.807) is 0 Å². The smallest absolute Gasteiger partial charge is 0.0949 e. The lowest BCUT2D eigenvalue weighted by Crippen LogP contribution is -2.19. The van der Waals surface area contributed by atoms with E-state index in [0.29, 0.717) is 0 Å². The molecule has 34 heavy (non-hydrogen) atoms. The molecule has 0 unspecified atom stereocenters. The lowest BCUT2D eigenvalue weighted by Gasteiger charge is -2.38. The minimum Gasteiger partial charge on any atom is -0.306 e. The Balaban J connectivity index is 1.60. The fraction of sp³-hybridized carbons (Fsp3) is 0. The standard InChI is InChI=1S/C31H17BrN2/c32-25-17-22-21-11-4-9-19-10-5-12-26(28(19)21)34-27-13-6-14-33-30(27)24-16-20(18-7-2-1-3-8-18)15-23(25)29(24)31(22)34/h1-17H. The van der Waals surface area contributed by atoms with E-state index in [1.165, 1.54) is 60.7 Å². The van der Waals surface area contributed by atoms with Crippen molar-refractivity contribution in [2.24, 2.45) is 0 Å². The van der Waals surface area contributed by atoms with Crippen molar-refractivity contribution in [2.75, 3.05) is 4.90 Å². The Labute approximate surface area is 205 Å². The van der Waals surface area contributed by atoms with E-state index in [1.807, 2.05) is 12.3 Å². The average Bonchev–Trinajstić information content (AvgIpc) is 2.90. The quantitative estimate of drug-likeness (QED) is 0.225. The number of hydrogen-bond donors (Lipinski definition) is 0. The molecule has 0 saturated carbocycles. The van der Waals surface area contributed by atoms with Gasteiger partial charge in [0.2, 0.25) is 0 Å². The Morgan fingerprint density at radius 2 is 1.44 bits per heavy atom. The molecule has 0 atom stereocenters. The van der Waals surface area contributed by atoms with E-state index in [4.69, 9.17) is 4.98 Å². The summed E-state index contributed by atoms with van der Waals surface area (Å²) in [6.07, 6.45) is 1.90. The predicted octanol–water partition coefficient (Wildman–Crippen LogP) is 9.25. The Morgan fingerprint density at radius 3 is 2.32 bits per heavy atom. The molecule has 0 radical (unpaired) electrons. The number of nitrogens with zero attached hydrogens (tertiary/aromatic N) is 2. The first-order valence-corrected chi connectivity index (χ1v) is 12.2. The summed E-state index contributed by atoms with van der Waals surface area (Å²) in [5.41, 5.74) is 10.8. The first-order chi connectivity index (χ1) is 16.8. The summed E-state index contributed by atoms with van der Waals surface area (Å²) in [6, 6.07) is 35.0. The van der Waals surface area contributed by atoms with Gasteiger partial charge in [-0.15, -0.1) is 0 Å². The molecule has 0 amide bonds. The van der Waals surface area contributed by atoms with Crippen LogP contribution in [0.3, 0.4) is 0 Å². The van der Waals surface area contributed by atoms with Crippen LogP contribution >= 0.6 is 15.9 Å². The van der Waals surface area contributed by atoms with E-state index in [9.17, 15) is 0 Å². The molecule has 6 aromatic rings. The summed E-state index contributed by atoms with van der Waals surface area (Å²) in [7, 11) is 0. The summed E-state index contributed by atoms with van der Waals surface area (Å²) in [4.78, 5) is 7.35. The zero-order chi connectivity index (χ0) is 22.4. The number of hydrogen-bond acceptors (Lipinski definition) is 2. The molecule has 2 aliphatic heterocycles. The van der Waals surface area contributed by atoms with E-state index < -0.39 is 0 Å². The maximum Gasteiger partial charge on any atom is 0.0949 e. The van der Waals surface area contributed by atoms with Crippen LogP contribution < -0.4 is 4.90 Å². The van der Waals surface area contributed by atoms with Gasteiger partial charge < -0.3 is 4.90 Å². The monoisotopic (exact) mass is 496 g/mol. The van der Waals surface area contributed by atoms with Crippen molar-refractivity contribution in [3.63, 3.8) is 0 Å². The van der Waals surface area contributed by atoms with Gasteiger partial charge in [-0.3, -0.25) is 4.98 Å². The molecule has 8 rings (SSSR count). The normalized spacial score (nSPS) is 12.8. The van der Waals surface area contributed by atoms with Gasteiger partial charge in [-0.05, 0) is 63.9 Å². The maximum atomic E-state index is 4.92. The largest absolute Gasteiger partial charge is 0.306 e. The van der Waals surface area contributed by atoms with E-state index in [-0.39, 0.29) is 0 Å². The van der Waals surface area contributed by atoms with Gasteiger partial charge in [0, 0.05) is 32.6 Å². The Morgan fingerprint density at radius 1 is 0.618 bits per heavy atom. The van der Waals surface area contributed by atoms with E-state index in [0.717, 1.165) is 15.9 Å². The maximum absolute atomic E-state index is 4.92. The lowest BCUT2D eigenvalue weighted by molar-refractivity contribution is 1.23. The lowest BCUT2D eigenvalue weighted by atomic mass is 9.83. The van der Waals surface area contributed by atoms with Gasteiger partial charge in [-0.25, -0.2) is 0 Å². The summed E-state index contributed by atoms with van der Waals surface area (Å²) < 4.78 is 1.11. The first-order valence-electron chi connectivity index (χ1n) is 11.4. The van der Waals surface area contributed by atoms with Crippen molar-refractivity contribution in [3.05, 3.63) is 108 Å². The second kappa shape index (κ2) is 6.55. The summed E-state index contributed by atoms with van der Waals surface area (Å²) in [5, 5.41) is 5.01. The fourth-order valence-electron chi connectivity index (χ4n) is 5.80. The molecule has 2 nitrogen and oxygen atoms in total. The van der Waals surface area contributed by atoms with Gasteiger partial charge in [0.05, 0.1) is 22.8 Å². The highest BCUT2D eigenvalue weighted by molar-refractivity contribution is 9.10. The summed E-state index contributed by atoms with van der Waals surface area (Å²) in [5.74, 6) is 0. The third-order valence-corrected chi connectivity index (χ3v) is 7.84. The molecule has 0 spiro atoms. The van der Waals surface area contributed by atoms with Crippen molar-refractivity contribution in [1.82, 2.24) is 4.98 Å². The summed E-state index contributed by atoms with van der Waals surface area (Å²) in [6.45, 7) is 0. The molecule has 5 aromatic carbocycles.